The summed E-state index contributed by atoms with van der Waals surface area (Å²) in [6.45, 7) is 1.31. The molecule has 0 aromatic carbocycles. The number of hydrogen-bond donors (Lipinski definition) is 3. The van der Waals surface area contributed by atoms with Gasteiger partial charge < -0.3 is 11.1 Å². The van der Waals surface area contributed by atoms with Crippen LogP contribution in [-0.2, 0) is 4.79 Å². The third kappa shape index (κ3) is 5.91. The molecule has 4 heteroatoms. The highest BCUT2D eigenvalue weighted by Gasteiger charge is 1.95. The van der Waals surface area contributed by atoms with Gasteiger partial charge in [-0.05, 0) is 18.7 Å². The SMILES string of the molecule is NCCCNC(=O)CCS. The summed E-state index contributed by atoms with van der Waals surface area (Å²) in [6.07, 6.45) is 1.34. The second-order valence-corrected chi connectivity index (χ2v) is 2.41. The number of nitrogens with two attached hydrogens (primary N) is 1. The number of amides is 1. The Hall–Kier alpha value is -0.220. The zero-order chi connectivity index (χ0) is 7.82. The fourth-order valence-corrected chi connectivity index (χ4v) is 0.723. The summed E-state index contributed by atoms with van der Waals surface area (Å²) < 4.78 is 0. The summed E-state index contributed by atoms with van der Waals surface area (Å²) in [6, 6.07) is 0. The summed E-state index contributed by atoms with van der Waals surface area (Å²) in [5.74, 6) is 0.664. The number of carbonyl (C=O) groups excluding carboxylic acids is 1. The van der Waals surface area contributed by atoms with Crippen molar-refractivity contribution in [2.24, 2.45) is 5.73 Å². The number of rotatable bonds is 5. The Balaban J connectivity index is 3.05. The Labute approximate surface area is 66.8 Å². The van der Waals surface area contributed by atoms with Crippen LogP contribution in [-0.4, -0.2) is 24.7 Å². The monoisotopic (exact) mass is 162 g/mol. The van der Waals surface area contributed by atoms with E-state index in [2.05, 4.69) is 17.9 Å². The standard InChI is InChI=1S/C6H14N2OS/c7-3-1-4-8-6(9)2-5-10/h10H,1-5,7H2,(H,8,9). The summed E-state index contributed by atoms with van der Waals surface area (Å²) >= 11 is 3.92. The molecule has 0 atom stereocenters. The molecule has 0 aromatic rings. The molecule has 0 aliphatic heterocycles. The molecule has 0 unspecified atom stereocenters. The van der Waals surface area contributed by atoms with Gasteiger partial charge in [-0.3, -0.25) is 4.79 Å². The van der Waals surface area contributed by atoms with E-state index in [1.807, 2.05) is 0 Å². The molecule has 3 nitrogen and oxygen atoms in total. The summed E-state index contributed by atoms with van der Waals surface area (Å²) in [5.41, 5.74) is 5.22. The van der Waals surface area contributed by atoms with Crippen LogP contribution in [0.5, 0.6) is 0 Å². The predicted octanol–water partition coefficient (Wildman–Crippen LogP) is -0.229. The second-order valence-electron chi connectivity index (χ2n) is 1.97. The van der Waals surface area contributed by atoms with E-state index in [0.29, 0.717) is 25.3 Å². The first-order chi connectivity index (χ1) is 4.81. The van der Waals surface area contributed by atoms with Gasteiger partial charge in [0.05, 0.1) is 0 Å². The minimum atomic E-state index is 0.0588. The van der Waals surface area contributed by atoms with Crippen LogP contribution in [0.15, 0.2) is 0 Å². The average molecular weight is 162 g/mol. The van der Waals surface area contributed by atoms with E-state index in [1.165, 1.54) is 0 Å². The molecule has 1 amide bonds. The van der Waals surface area contributed by atoms with E-state index in [4.69, 9.17) is 5.73 Å². The van der Waals surface area contributed by atoms with Crippen LogP contribution in [0.2, 0.25) is 0 Å². The van der Waals surface area contributed by atoms with Gasteiger partial charge >= 0.3 is 0 Å². The molecule has 0 fully saturated rings. The van der Waals surface area contributed by atoms with Crippen molar-refractivity contribution in [2.45, 2.75) is 12.8 Å². The van der Waals surface area contributed by atoms with E-state index >= 15 is 0 Å². The molecule has 10 heavy (non-hydrogen) atoms. The minimum Gasteiger partial charge on any atom is -0.356 e. The molecule has 0 saturated carbocycles. The number of carbonyl (C=O) groups is 1. The summed E-state index contributed by atoms with van der Waals surface area (Å²) in [5, 5.41) is 2.72. The lowest BCUT2D eigenvalue weighted by Gasteiger charge is -2.00. The van der Waals surface area contributed by atoms with Crippen molar-refractivity contribution in [3.05, 3.63) is 0 Å². The molecular weight excluding hydrogens is 148 g/mol. The zero-order valence-electron chi connectivity index (χ0n) is 5.97. The van der Waals surface area contributed by atoms with Gasteiger partial charge in [0.15, 0.2) is 0 Å². The fourth-order valence-electron chi connectivity index (χ4n) is 0.520. The molecular formula is C6H14N2OS. The molecule has 0 radical (unpaired) electrons. The first kappa shape index (κ1) is 9.78. The smallest absolute Gasteiger partial charge is 0.220 e. The second kappa shape index (κ2) is 6.89. The van der Waals surface area contributed by atoms with Gasteiger partial charge in [0, 0.05) is 13.0 Å². The van der Waals surface area contributed by atoms with Crippen LogP contribution in [0.4, 0.5) is 0 Å². The lowest BCUT2D eigenvalue weighted by atomic mass is 10.4. The van der Waals surface area contributed by atoms with Crippen LogP contribution in [0.3, 0.4) is 0 Å². The quantitative estimate of drug-likeness (QED) is 0.386. The van der Waals surface area contributed by atoms with E-state index < -0.39 is 0 Å². The number of thiol groups is 1. The Bertz CT molecular complexity index is 97.7. The minimum absolute atomic E-state index is 0.0588. The van der Waals surface area contributed by atoms with E-state index in [9.17, 15) is 4.79 Å². The molecule has 0 bridgehead atoms. The fraction of sp³-hybridized carbons (Fsp3) is 0.833. The van der Waals surface area contributed by atoms with Crippen molar-refractivity contribution in [1.29, 1.82) is 0 Å². The lowest BCUT2D eigenvalue weighted by Crippen LogP contribution is -2.25. The Morgan fingerprint density at radius 3 is 2.80 bits per heavy atom. The maximum absolute atomic E-state index is 10.7. The van der Waals surface area contributed by atoms with Gasteiger partial charge in [-0.1, -0.05) is 0 Å². The average Bonchev–Trinajstić information content (AvgIpc) is 1.89. The molecule has 0 rings (SSSR count). The third-order valence-corrected chi connectivity index (χ3v) is 1.27. The summed E-state index contributed by atoms with van der Waals surface area (Å²) in [7, 11) is 0. The molecule has 0 aromatic heterocycles. The molecule has 0 aliphatic rings. The Kier molecular flexibility index (Phi) is 6.74. The van der Waals surface area contributed by atoms with Crippen LogP contribution in [0.25, 0.3) is 0 Å². The van der Waals surface area contributed by atoms with Crippen molar-refractivity contribution in [1.82, 2.24) is 5.32 Å². The molecule has 60 valence electrons. The van der Waals surface area contributed by atoms with E-state index in [-0.39, 0.29) is 5.91 Å². The van der Waals surface area contributed by atoms with Crippen molar-refractivity contribution in [3.63, 3.8) is 0 Å². The van der Waals surface area contributed by atoms with Gasteiger partial charge in [0.25, 0.3) is 0 Å². The van der Waals surface area contributed by atoms with Crippen molar-refractivity contribution >= 4 is 18.5 Å². The highest BCUT2D eigenvalue weighted by atomic mass is 32.1. The topological polar surface area (TPSA) is 55.1 Å². The number of hydrogen-bond acceptors (Lipinski definition) is 3. The lowest BCUT2D eigenvalue weighted by molar-refractivity contribution is -0.120. The maximum Gasteiger partial charge on any atom is 0.220 e. The van der Waals surface area contributed by atoms with Gasteiger partial charge in [0.1, 0.15) is 0 Å². The van der Waals surface area contributed by atoms with Gasteiger partial charge in [-0.25, -0.2) is 0 Å². The van der Waals surface area contributed by atoms with Crippen LogP contribution in [0, 0.1) is 0 Å². The zero-order valence-corrected chi connectivity index (χ0v) is 6.86. The van der Waals surface area contributed by atoms with Gasteiger partial charge in [-0.15, -0.1) is 0 Å². The highest BCUT2D eigenvalue weighted by Crippen LogP contribution is 1.82. The van der Waals surface area contributed by atoms with Crippen LogP contribution >= 0.6 is 12.6 Å². The largest absolute Gasteiger partial charge is 0.356 e. The van der Waals surface area contributed by atoms with E-state index in [0.717, 1.165) is 6.42 Å². The Morgan fingerprint density at radius 1 is 1.60 bits per heavy atom. The van der Waals surface area contributed by atoms with Crippen molar-refractivity contribution < 1.29 is 4.79 Å². The first-order valence-electron chi connectivity index (χ1n) is 3.39. The normalized spacial score (nSPS) is 9.40. The van der Waals surface area contributed by atoms with Crippen molar-refractivity contribution in [3.8, 4) is 0 Å². The molecule has 0 spiro atoms. The van der Waals surface area contributed by atoms with Crippen LogP contribution in [0.1, 0.15) is 12.8 Å². The molecule has 0 aliphatic carbocycles. The summed E-state index contributed by atoms with van der Waals surface area (Å²) in [4.78, 5) is 10.7. The molecule has 0 heterocycles. The Morgan fingerprint density at radius 2 is 2.30 bits per heavy atom. The number of nitrogens with one attached hydrogen (secondary N) is 1. The maximum atomic E-state index is 10.7. The van der Waals surface area contributed by atoms with Crippen LogP contribution < -0.4 is 11.1 Å². The van der Waals surface area contributed by atoms with E-state index in [1.54, 1.807) is 0 Å². The third-order valence-electron chi connectivity index (χ3n) is 1.04. The molecule has 0 saturated heterocycles. The van der Waals surface area contributed by atoms with Crippen molar-refractivity contribution in [2.75, 3.05) is 18.8 Å². The first-order valence-corrected chi connectivity index (χ1v) is 4.02. The predicted molar refractivity (Wildman–Crippen MR) is 45.2 cm³/mol. The van der Waals surface area contributed by atoms with Gasteiger partial charge in [-0.2, -0.15) is 12.6 Å². The highest BCUT2D eigenvalue weighted by molar-refractivity contribution is 7.80. The van der Waals surface area contributed by atoms with Gasteiger partial charge in [0.2, 0.25) is 5.91 Å². The molecule has 3 N–H and O–H groups in total.